The number of rotatable bonds is 3. The Morgan fingerprint density at radius 2 is 1.83 bits per heavy atom. The van der Waals surface area contributed by atoms with Crippen molar-refractivity contribution in [2.24, 2.45) is 5.92 Å². The maximum Gasteiger partial charge on any atom is 0.150 e. The van der Waals surface area contributed by atoms with E-state index in [1.807, 2.05) is 0 Å². The van der Waals surface area contributed by atoms with Crippen LogP contribution in [0.2, 0.25) is 0 Å². The number of aromatic hydroxyl groups is 1. The topological polar surface area (TPSA) is 71.4 Å². The first-order chi connectivity index (χ1) is 8.53. The maximum atomic E-state index is 11.4. The number of hydrogen-bond donors (Lipinski definition) is 1. The van der Waals surface area contributed by atoms with E-state index in [2.05, 4.69) is 0 Å². The molecule has 1 N–H and O–H groups in total. The molecular weight excluding hydrogens is 252 g/mol. The fourth-order valence-corrected chi connectivity index (χ4v) is 4.00. The van der Waals surface area contributed by atoms with Gasteiger partial charge in [0.15, 0.2) is 0 Å². The zero-order valence-corrected chi connectivity index (χ0v) is 10.8. The van der Waals surface area contributed by atoms with Gasteiger partial charge in [0, 0.05) is 11.5 Å². The van der Waals surface area contributed by atoms with E-state index in [4.69, 9.17) is 0 Å². The van der Waals surface area contributed by atoms with Crippen LogP contribution in [0.4, 0.5) is 0 Å². The van der Waals surface area contributed by atoms with Gasteiger partial charge in [-0.1, -0.05) is 18.2 Å². The highest BCUT2D eigenvalue weighted by Gasteiger charge is 2.31. The highest BCUT2D eigenvalue weighted by Crippen LogP contribution is 2.35. The Morgan fingerprint density at radius 1 is 1.22 bits per heavy atom. The van der Waals surface area contributed by atoms with Crippen molar-refractivity contribution in [1.29, 1.82) is 0 Å². The molecule has 0 saturated carbocycles. The van der Waals surface area contributed by atoms with Crippen molar-refractivity contribution in [1.82, 2.24) is 0 Å². The minimum Gasteiger partial charge on any atom is -0.508 e. The zero-order valence-electron chi connectivity index (χ0n) is 9.95. The maximum absolute atomic E-state index is 11.4. The molecule has 1 aliphatic rings. The molecule has 0 aromatic heterocycles. The zero-order chi connectivity index (χ0) is 13.2. The van der Waals surface area contributed by atoms with Gasteiger partial charge in [-0.3, -0.25) is 0 Å². The van der Waals surface area contributed by atoms with Crippen molar-refractivity contribution < 1.29 is 18.3 Å². The Labute approximate surface area is 107 Å². The lowest BCUT2D eigenvalue weighted by molar-refractivity contribution is -0.110. The van der Waals surface area contributed by atoms with Crippen molar-refractivity contribution in [2.45, 2.75) is 18.8 Å². The molecule has 1 atom stereocenters. The molecule has 1 fully saturated rings. The SMILES string of the molecule is O=CC(c1ccccc1O)C1CCS(=O)(=O)CC1. The van der Waals surface area contributed by atoms with Crippen LogP contribution in [0, 0.1) is 5.92 Å². The predicted molar refractivity (Wildman–Crippen MR) is 68.3 cm³/mol. The number of sulfone groups is 1. The molecule has 1 unspecified atom stereocenters. The molecule has 18 heavy (non-hydrogen) atoms. The van der Waals surface area contributed by atoms with E-state index < -0.39 is 15.8 Å². The van der Waals surface area contributed by atoms with Crippen LogP contribution < -0.4 is 0 Å². The van der Waals surface area contributed by atoms with E-state index in [0.29, 0.717) is 18.4 Å². The molecule has 98 valence electrons. The Kier molecular flexibility index (Phi) is 3.71. The Bertz CT molecular complexity index is 522. The molecule has 1 aromatic carbocycles. The molecule has 1 aromatic rings. The molecule has 2 rings (SSSR count). The fourth-order valence-electron chi connectivity index (χ4n) is 2.48. The van der Waals surface area contributed by atoms with Crippen LogP contribution in [0.25, 0.3) is 0 Å². The first-order valence-electron chi connectivity index (χ1n) is 5.97. The summed E-state index contributed by atoms with van der Waals surface area (Å²) in [5, 5.41) is 9.77. The summed E-state index contributed by atoms with van der Waals surface area (Å²) < 4.78 is 22.7. The molecule has 0 spiro atoms. The lowest BCUT2D eigenvalue weighted by Gasteiger charge is -2.27. The highest BCUT2D eigenvalue weighted by atomic mass is 32.2. The summed E-state index contributed by atoms with van der Waals surface area (Å²) in [7, 11) is -2.93. The lowest BCUT2D eigenvalue weighted by atomic mass is 9.83. The third-order valence-electron chi connectivity index (χ3n) is 3.55. The first-order valence-corrected chi connectivity index (χ1v) is 7.79. The van der Waals surface area contributed by atoms with E-state index in [1.165, 1.54) is 0 Å². The molecule has 1 heterocycles. The molecule has 0 amide bonds. The minimum absolute atomic E-state index is 0.000625. The van der Waals surface area contributed by atoms with Gasteiger partial charge in [0.2, 0.25) is 0 Å². The molecule has 0 bridgehead atoms. The lowest BCUT2D eigenvalue weighted by Crippen LogP contribution is -2.27. The third kappa shape index (κ3) is 2.72. The van der Waals surface area contributed by atoms with Gasteiger partial charge in [0.05, 0.1) is 11.5 Å². The summed E-state index contributed by atoms with van der Waals surface area (Å²) in [6, 6.07) is 6.74. The van der Waals surface area contributed by atoms with Crippen LogP contribution in [-0.2, 0) is 14.6 Å². The Balaban J connectivity index is 2.21. The molecule has 4 nitrogen and oxygen atoms in total. The van der Waals surface area contributed by atoms with Crippen LogP contribution >= 0.6 is 0 Å². The smallest absolute Gasteiger partial charge is 0.150 e. The Hall–Kier alpha value is -1.36. The van der Waals surface area contributed by atoms with Crippen molar-refractivity contribution in [3.63, 3.8) is 0 Å². The van der Waals surface area contributed by atoms with Crippen molar-refractivity contribution in [2.75, 3.05) is 11.5 Å². The van der Waals surface area contributed by atoms with Crippen LogP contribution in [0.3, 0.4) is 0 Å². The molecule has 1 aliphatic heterocycles. The molecular formula is C13H16O4S. The summed E-state index contributed by atoms with van der Waals surface area (Å²) in [5.41, 5.74) is 0.594. The highest BCUT2D eigenvalue weighted by molar-refractivity contribution is 7.91. The predicted octanol–water partition coefficient (Wildman–Crippen LogP) is 1.50. The molecule has 0 radical (unpaired) electrons. The monoisotopic (exact) mass is 268 g/mol. The van der Waals surface area contributed by atoms with Gasteiger partial charge in [0.1, 0.15) is 21.9 Å². The number of carbonyl (C=O) groups excluding carboxylic acids is 1. The number of aldehydes is 1. The summed E-state index contributed by atoms with van der Waals surface area (Å²) in [6.45, 7) is 0. The van der Waals surface area contributed by atoms with E-state index in [-0.39, 0.29) is 23.2 Å². The number of phenols is 1. The third-order valence-corrected chi connectivity index (χ3v) is 5.27. The number of benzene rings is 1. The molecule has 0 aliphatic carbocycles. The van der Waals surface area contributed by atoms with Gasteiger partial charge < -0.3 is 9.90 Å². The van der Waals surface area contributed by atoms with E-state index >= 15 is 0 Å². The van der Waals surface area contributed by atoms with E-state index in [9.17, 15) is 18.3 Å². The van der Waals surface area contributed by atoms with Crippen molar-refractivity contribution in [3.05, 3.63) is 29.8 Å². The quantitative estimate of drug-likeness (QED) is 0.843. The number of carbonyl (C=O) groups is 1. The van der Waals surface area contributed by atoms with Crippen molar-refractivity contribution in [3.8, 4) is 5.75 Å². The Morgan fingerprint density at radius 3 is 2.39 bits per heavy atom. The fraction of sp³-hybridized carbons (Fsp3) is 0.462. The average molecular weight is 268 g/mol. The largest absolute Gasteiger partial charge is 0.508 e. The molecule has 1 saturated heterocycles. The average Bonchev–Trinajstić information content (AvgIpc) is 2.34. The van der Waals surface area contributed by atoms with E-state index in [1.54, 1.807) is 24.3 Å². The van der Waals surface area contributed by atoms with Crippen molar-refractivity contribution >= 4 is 16.1 Å². The number of hydrogen-bond acceptors (Lipinski definition) is 4. The van der Waals surface area contributed by atoms with Gasteiger partial charge in [0.25, 0.3) is 0 Å². The summed E-state index contributed by atoms with van der Waals surface area (Å²) in [4.78, 5) is 11.3. The number of para-hydroxylation sites is 1. The summed E-state index contributed by atoms with van der Waals surface area (Å²) in [6.07, 6.45) is 1.79. The van der Waals surface area contributed by atoms with Gasteiger partial charge in [-0.25, -0.2) is 8.42 Å². The normalized spacial score (nSPS) is 21.3. The second-order valence-corrected chi connectivity index (χ2v) is 7.01. The summed E-state index contributed by atoms with van der Waals surface area (Å²) in [5.74, 6) is -0.0466. The van der Waals surface area contributed by atoms with Crippen LogP contribution in [0.1, 0.15) is 24.3 Å². The van der Waals surface area contributed by atoms with Gasteiger partial charge in [-0.05, 0) is 24.8 Å². The minimum atomic E-state index is -2.93. The first kappa shape index (κ1) is 13.1. The summed E-state index contributed by atoms with van der Waals surface area (Å²) >= 11 is 0. The second kappa shape index (κ2) is 5.10. The standard InChI is InChI=1S/C13H16O4S/c14-9-12(11-3-1-2-4-13(11)15)10-5-7-18(16,17)8-6-10/h1-4,9-10,12,15H,5-8H2. The van der Waals surface area contributed by atoms with Gasteiger partial charge >= 0.3 is 0 Å². The second-order valence-electron chi connectivity index (χ2n) is 4.71. The number of phenolic OH excluding ortho intramolecular Hbond substituents is 1. The van der Waals surface area contributed by atoms with Crippen LogP contribution in [0.5, 0.6) is 5.75 Å². The van der Waals surface area contributed by atoms with Crippen LogP contribution in [0.15, 0.2) is 24.3 Å². The van der Waals surface area contributed by atoms with Gasteiger partial charge in [-0.15, -0.1) is 0 Å². The van der Waals surface area contributed by atoms with Gasteiger partial charge in [-0.2, -0.15) is 0 Å². The van der Waals surface area contributed by atoms with Crippen LogP contribution in [-0.4, -0.2) is 31.3 Å². The van der Waals surface area contributed by atoms with E-state index in [0.717, 1.165) is 6.29 Å². The molecule has 5 heteroatoms.